The van der Waals surface area contributed by atoms with Crippen molar-refractivity contribution < 1.29 is 9.72 Å². The lowest BCUT2D eigenvalue weighted by molar-refractivity contribution is -0.384. The molecule has 0 spiro atoms. The topological polar surface area (TPSA) is 88.4 Å². The van der Waals surface area contributed by atoms with Gasteiger partial charge in [-0.15, -0.1) is 0 Å². The number of benzene rings is 1. The number of carbonyl (C=O) groups is 1. The number of urea groups is 1. The number of hydrogen-bond acceptors (Lipinski definition) is 4. The number of amides is 2. The fraction of sp³-hybridized carbons (Fsp3) is 0.333. The van der Waals surface area contributed by atoms with Gasteiger partial charge in [-0.2, -0.15) is 0 Å². The van der Waals surface area contributed by atoms with Gasteiger partial charge in [0.05, 0.1) is 17.0 Å². The fourth-order valence-electron chi connectivity index (χ4n) is 2.55. The highest BCUT2D eigenvalue weighted by Gasteiger charge is 2.21. The van der Waals surface area contributed by atoms with Gasteiger partial charge in [-0.25, -0.2) is 4.79 Å². The number of nitrogens with one attached hydrogen (secondary N) is 1. The Labute approximate surface area is 146 Å². The van der Waals surface area contributed by atoms with Crippen LogP contribution in [0.1, 0.15) is 43.5 Å². The van der Waals surface area contributed by atoms with Crippen LogP contribution in [-0.2, 0) is 0 Å². The molecule has 1 aromatic carbocycles. The molecule has 7 heteroatoms. The minimum atomic E-state index is -0.436. The minimum Gasteiger partial charge on any atom is -0.331 e. The summed E-state index contributed by atoms with van der Waals surface area (Å²) in [5, 5.41) is 13.9. The normalized spacial score (nSPS) is 12.9. The maximum absolute atomic E-state index is 12.6. The third-order valence-corrected chi connectivity index (χ3v) is 4.26. The van der Waals surface area contributed by atoms with Gasteiger partial charge in [-0.3, -0.25) is 15.1 Å². The molecule has 0 unspecified atom stereocenters. The highest BCUT2D eigenvalue weighted by molar-refractivity contribution is 5.75. The van der Waals surface area contributed by atoms with Crippen molar-refractivity contribution in [2.24, 2.45) is 0 Å². The SMILES string of the molecule is CC[C@@H](NC(=O)N(C)[C@H](C)c1cccnc1)c1cccc([N+](=O)[O-])c1. The number of pyridine rings is 1. The second kappa shape index (κ2) is 8.23. The van der Waals surface area contributed by atoms with Crippen molar-refractivity contribution in [3.63, 3.8) is 0 Å². The Kier molecular flexibility index (Phi) is 6.05. The van der Waals surface area contributed by atoms with Gasteiger partial charge >= 0.3 is 6.03 Å². The van der Waals surface area contributed by atoms with Gasteiger partial charge in [0.15, 0.2) is 0 Å². The lowest BCUT2D eigenvalue weighted by Crippen LogP contribution is -2.40. The molecule has 0 aliphatic carbocycles. The minimum absolute atomic E-state index is 0.0160. The van der Waals surface area contributed by atoms with Crippen LogP contribution in [-0.4, -0.2) is 27.9 Å². The molecule has 7 nitrogen and oxygen atoms in total. The van der Waals surface area contributed by atoms with E-state index < -0.39 is 4.92 Å². The molecule has 0 aliphatic rings. The van der Waals surface area contributed by atoms with E-state index in [1.807, 2.05) is 26.0 Å². The Morgan fingerprint density at radius 2 is 2.04 bits per heavy atom. The van der Waals surface area contributed by atoms with Crippen LogP contribution in [0.3, 0.4) is 0 Å². The number of rotatable bonds is 6. The largest absolute Gasteiger partial charge is 0.331 e. The number of nitro benzene ring substituents is 1. The van der Waals surface area contributed by atoms with Crippen molar-refractivity contribution in [3.05, 3.63) is 70.0 Å². The highest BCUT2D eigenvalue weighted by Crippen LogP contribution is 2.23. The van der Waals surface area contributed by atoms with Crippen LogP contribution in [0.5, 0.6) is 0 Å². The standard InChI is InChI=1S/C18H22N4O3/c1-4-17(14-7-5-9-16(11-14)22(24)25)20-18(23)21(3)13(2)15-8-6-10-19-12-15/h5-13,17H,4H2,1-3H3,(H,20,23)/t13-,17-/m1/s1. The van der Waals surface area contributed by atoms with Gasteiger partial charge in [0.1, 0.15) is 0 Å². The Morgan fingerprint density at radius 3 is 2.64 bits per heavy atom. The molecule has 2 aromatic rings. The number of carbonyl (C=O) groups excluding carboxylic acids is 1. The maximum Gasteiger partial charge on any atom is 0.318 e. The molecule has 2 rings (SSSR count). The zero-order valence-electron chi connectivity index (χ0n) is 14.5. The van der Waals surface area contributed by atoms with E-state index in [1.54, 1.807) is 36.5 Å². The molecule has 0 saturated heterocycles. The first-order chi connectivity index (χ1) is 11.9. The number of nitro groups is 1. The summed E-state index contributed by atoms with van der Waals surface area (Å²) in [4.78, 5) is 28.8. The van der Waals surface area contributed by atoms with E-state index in [-0.39, 0.29) is 23.8 Å². The summed E-state index contributed by atoms with van der Waals surface area (Å²) in [7, 11) is 1.72. The van der Waals surface area contributed by atoms with Crippen molar-refractivity contribution in [2.75, 3.05) is 7.05 Å². The van der Waals surface area contributed by atoms with E-state index in [1.165, 1.54) is 12.1 Å². The van der Waals surface area contributed by atoms with E-state index >= 15 is 0 Å². The van der Waals surface area contributed by atoms with Crippen molar-refractivity contribution in [2.45, 2.75) is 32.4 Å². The van der Waals surface area contributed by atoms with Crippen LogP contribution in [0.2, 0.25) is 0 Å². The third-order valence-electron chi connectivity index (χ3n) is 4.26. The first-order valence-corrected chi connectivity index (χ1v) is 8.11. The fourth-order valence-corrected chi connectivity index (χ4v) is 2.55. The smallest absolute Gasteiger partial charge is 0.318 e. The Bertz CT molecular complexity index is 736. The molecule has 0 aliphatic heterocycles. The second-order valence-electron chi connectivity index (χ2n) is 5.84. The molecule has 1 N–H and O–H groups in total. The summed E-state index contributed by atoms with van der Waals surface area (Å²) in [6.07, 6.45) is 4.04. The van der Waals surface area contributed by atoms with Crippen LogP contribution in [0.4, 0.5) is 10.5 Å². The first-order valence-electron chi connectivity index (χ1n) is 8.11. The van der Waals surface area contributed by atoms with Crippen LogP contribution in [0, 0.1) is 10.1 Å². The monoisotopic (exact) mass is 342 g/mol. The molecular weight excluding hydrogens is 320 g/mol. The second-order valence-corrected chi connectivity index (χ2v) is 5.84. The predicted molar refractivity (Wildman–Crippen MR) is 95.1 cm³/mol. The van der Waals surface area contributed by atoms with Crippen molar-refractivity contribution in [1.29, 1.82) is 0 Å². The zero-order valence-corrected chi connectivity index (χ0v) is 14.5. The Balaban J connectivity index is 2.11. The van der Waals surface area contributed by atoms with E-state index in [0.29, 0.717) is 12.0 Å². The van der Waals surface area contributed by atoms with Crippen LogP contribution < -0.4 is 5.32 Å². The number of hydrogen-bond donors (Lipinski definition) is 1. The lowest BCUT2D eigenvalue weighted by atomic mass is 10.0. The quantitative estimate of drug-likeness (QED) is 0.638. The van der Waals surface area contributed by atoms with E-state index in [9.17, 15) is 14.9 Å². The van der Waals surface area contributed by atoms with Gasteiger partial charge in [0.25, 0.3) is 5.69 Å². The predicted octanol–water partition coefficient (Wildman–Crippen LogP) is 3.84. The molecule has 0 saturated carbocycles. The number of aromatic nitrogens is 1. The van der Waals surface area contributed by atoms with E-state index in [2.05, 4.69) is 10.3 Å². The van der Waals surface area contributed by atoms with Crippen molar-refractivity contribution in [1.82, 2.24) is 15.2 Å². The maximum atomic E-state index is 12.6. The third kappa shape index (κ3) is 4.53. The van der Waals surface area contributed by atoms with E-state index in [0.717, 1.165) is 5.56 Å². The first kappa shape index (κ1) is 18.4. The molecule has 1 aromatic heterocycles. The summed E-state index contributed by atoms with van der Waals surface area (Å²) in [5.74, 6) is 0. The molecule has 2 amide bonds. The molecule has 0 fully saturated rings. The molecular formula is C18H22N4O3. The van der Waals surface area contributed by atoms with Gasteiger partial charge in [-0.05, 0) is 30.5 Å². The van der Waals surface area contributed by atoms with Crippen LogP contribution >= 0.6 is 0 Å². The van der Waals surface area contributed by atoms with Gasteiger partial charge in [0, 0.05) is 31.6 Å². The molecule has 132 valence electrons. The van der Waals surface area contributed by atoms with Gasteiger partial charge in [0.2, 0.25) is 0 Å². The van der Waals surface area contributed by atoms with Crippen molar-refractivity contribution in [3.8, 4) is 0 Å². The average molecular weight is 342 g/mol. The van der Waals surface area contributed by atoms with E-state index in [4.69, 9.17) is 0 Å². The molecule has 0 radical (unpaired) electrons. The number of non-ortho nitro benzene ring substituents is 1. The Morgan fingerprint density at radius 1 is 1.32 bits per heavy atom. The lowest BCUT2D eigenvalue weighted by Gasteiger charge is -2.28. The summed E-state index contributed by atoms with van der Waals surface area (Å²) in [6.45, 7) is 3.85. The number of nitrogens with zero attached hydrogens (tertiary/aromatic N) is 3. The molecule has 0 bridgehead atoms. The molecule has 2 atom stereocenters. The van der Waals surface area contributed by atoms with Crippen LogP contribution in [0.15, 0.2) is 48.8 Å². The average Bonchev–Trinajstić information content (AvgIpc) is 2.65. The Hall–Kier alpha value is -2.96. The highest BCUT2D eigenvalue weighted by atomic mass is 16.6. The summed E-state index contributed by atoms with van der Waals surface area (Å²) in [5.41, 5.74) is 1.67. The van der Waals surface area contributed by atoms with Crippen LogP contribution in [0.25, 0.3) is 0 Å². The summed E-state index contributed by atoms with van der Waals surface area (Å²) < 4.78 is 0. The summed E-state index contributed by atoms with van der Waals surface area (Å²) >= 11 is 0. The molecule has 1 heterocycles. The molecule has 25 heavy (non-hydrogen) atoms. The van der Waals surface area contributed by atoms with Gasteiger partial charge < -0.3 is 10.2 Å². The summed E-state index contributed by atoms with van der Waals surface area (Å²) in [6, 6.07) is 9.42. The van der Waals surface area contributed by atoms with Gasteiger partial charge in [-0.1, -0.05) is 25.1 Å². The van der Waals surface area contributed by atoms with Crippen molar-refractivity contribution >= 4 is 11.7 Å². The zero-order chi connectivity index (χ0) is 18.4.